The maximum absolute atomic E-state index is 11.0. The number of carbonyl (C=O) groups is 1. The van der Waals surface area contributed by atoms with Gasteiger partial charge in [-0.2, -0.15) is 0 Å². The Balaban J connectivity index is 3.65. The Labute approximate surface area is 62.2 Å². The number of rotatable bonds is 4. The third kappa shape index (κ3) is 2.82. The molecule has 0 aromatic carbocycles. The van der Waals surface area contributed by atoms with Gasteiger partial charge in [0.25, 0.3) is 0 Å². The molecule has 0 heterocycles. The molecule has 0 rings (SSSR count). The molecule has 3 heteroatoms. The van der Waals surface area contributed by atoms with Crippen molar-refractivity contribution < 1.29 is 4.79 Å². The average molecular weight is 142 g/mol. The van der Waals surface area contributed by atoms with Crippen molar-refractivity contribution in [3.05, 3.63) is 13.8 Å². The molecular formula is C7H14N2O. The summed E-state index contributed by atoms with van der Waals surface area (Å²) in [5, 5.41) is 0. The zero-order valence-electron chi connectivity index (χ0n) is 6.18. The molecule has 0 fully saturated rings. The first-order valence-electron chi connectivity index (χ1n) is 3.32. The molecule has 0 bridgehead atoms. The largest absolute Gasteiger partial charge is 0.343 e. The maximum atomic E-state index is 11.0. The van der Waals surface area contributed by atoms with Gasteiger partial charge in [-0.25, -0.2) is 0 Å². The third-order valence-corrected chi connectivity index (χ3v) is 1.25. The van der Waals surface area contributed by atoms with Gasteiger partial charge in [0.1, 0.15) is 0 Å². The van der Waals surface area contributed by atoms with Crippen LogP contribution in [0, 0.1) is 13.8 Å². The first-order valence-corrected chi connectivity index (χ1v) is 3.32. The van der Waals surface area contributed by atoms with Gasteiger partial charge in [-0.05, 0) is 13.8 Å². The highest BCUT2D eigenvalue weighted by atomic mass is 16.2. The highest BCUT2D eigenvalue weighted by Gasteiger charge is 2.06. The van der Waals surface area contributed by atoms with Crippen molar-refractivity contribution in [1.82, 2.24) is 4.90 Å². The molecule has 0 unspecified atom stereocenters. The van der Waals surface area contributed by atoms with Crippen LogP contribution in [0.3, 0.4) is 0 Å². The summed E-state index contributed by atoms with van der Waals surface area (Å²) in [4.78, 5) is 12.5. The zero-order chi connectivity index (χ0) is 7.98. The Morgan fingerprint density at radius 3 is 2.20 bits per heavy atom. The van der Waals surface area contributed by atoms with Crippen LogP contribution in [0.25, 0.3) is 0 Å². The van der Waals surface area contributed by atoms with E-state index in [2.05, 4.69) is 13.8 Å². The van der Waals surface area contributed by atoms with Crippen LogP contribution < -0.4 is 5.73 Å². The van der Waals surface area contributed by atoms with E-state index in [-0.39, 0.29) is 5.91 Å². The maximum Gasteiger partial charge on any atom is 0.223 e. The highest BCUT2D eigenvalue weighted by Crippen LogP contribution is 1.90. The molecule has 58 valence electrons. The molecule has 0 spiro atoms. The first-order chi connectivity index (χ1) is 4.76. The van der Waals surface area contributed by atoms with E-state index in [9.17, 15) is 4.79 Å². The van der Waals surface area contributed by atoms with Crippen LogP contribution in [-0.2, 0) is 4.79 Å². The van der Waals surface area contributed by atoms with Gasteiger partial charge >= 0.3 is 0 Å². The Morgan fingerprint density at radius 2 is 1.90 bits per heavy atom. The predicted octanol–water partition coefficient (Wildman–Crippen LogP) is -0.168. The lowest BCUT2D eigenvalue weighted by molar-refractivity contribution is -0.130. The molecule has 0 atom stereocenters. The topological polar surface area (TPSA) is 46.3 Å². The number of nitrogens with two attached hydrogens (primary N) is 1. The van der Waals surface area contributed by atoms with Gasteiger partial charge in [0.15, 0.2) is 0 Å². The fraction of sp³-hybridized carbons (Fsp3) is 0.571. The lowest BCUT2D eigenvalue weighted by Crippen LogP contribution is -2.31. The summed E-state index contributed by atoms with van der Waals surface area (Å²) in [6, 6.07) is 0. The predicted molar refractivity (Wildman–Crippen MR) is 41.0 cm³/mol. The monoisotopic (exact) mass is 142 g/mol. The van der Waals surface area contributed by atoms with E-state index in [0.29, 0.717) is 26.1 Å². The summed E-state index contributed by atoms with van der Waals surface area (Å²) in [5.41, 5.74) is 5.19. The van der Waals surface area contributed by atoms with E-state index in [0.717, 1.165) is 0 Å². The van der Waals surface area contributed by atoms with Gasteiger partial charge in [0.05, 0.1) is 0 Å². The first kappa shape index (κ1) is 9.43. The second-order valence-electron chi connectivity index (χ2n) is 1.92. The summed E-state index contributed by atoms with van der Waals surface area (Å²) in [6.45, 7) is 8.52. The van der Waals surface area contributed by atoms with Crippen LogP contribution in [-0.4, -0.2) is 30.4 Å². The molecule has 3 nitrogen and oxygen atoms in total. The molecule has 0 aliphatic rings. The van der Waals surface area contributed by atoms with Crippen molar-refractivity contribution >= 4 is 5.91 Å². The van der Waals surface area contributed by atoms with Crippen LogP contribution >= 0.6 is 0 Å². The van der Waals surface area contributed by atoms with E-state index < -0.39 is 0 Å². The molecule has 0 aliphatic carbocycles. The van der Waals surface area contributed by atoms with Crippen LogP contribution in [0.4, 0.5) is 0 Å². The molecular weight excluding hydrogens is 128 g/mol. The van der Waals surface area contributed by atoms with Gasteiger partial charge < -0.3 is 10.6 Å². The average Bonchev–Trinajstić information content (AvgIpc) is 1.91. The normalized spacial score (nSPS) is 9.50. The van der Waals surface area contributed by atoms with E-state index in [1.54, 1.807) is 4.90 Å². The molecule has 0 aromatic heterocycles. The molecule has 0 aromatic rings. The Bertz CT molecular complexity index is 99.8. The summed E-state index contributed by atoms with van der Waals surface area (Å²) in [5.74, 6) is 0.0347. The summed E-state index contributed by atoms with van der Waals surface area (Å²) >= 11 is 0. The van der Waals surface area contributed by atoms with Crippen molar-refractivity contribution in [3.8, 4) is 0 Å². The van der Waals surface area contributed by atoms with Crippen molar-refractivity contribution in [2.45, 2.75) is 6.42 Å². The van der Waals surface area contributed by atoms with Gasteiger partial charge in [0, 0.05) is 26.1 Å². The van der Waals surface area contributed by atoms with Crippen LogP contribution in [0.5, 0.6) is 0 Å². The zero-order valence-corrected chi connectivity index (χ0v) is 6.18. The number of nitrogens with zero attached hydrogens (tertiary/aromatic N) is 1. The minimum absolute atomic E-state index is 0.0347. The van der Waals surface area contributed by atoms with E-state index in [4.69, 9.17) is 5.73 Å². The van der Waals surface area contributed by atoms with Crippen molar-refractivity contribution in [1.29, 1.82) is 0 Å². The van der Waals surface area contributed by atoms with Gasteiger partial charge in [-0.15, -0.1) is 0 Å². The summed E-state index contributed by atoms with van der Waals surface area (Å²) < 4.78 is 0. The standard InChI is InChI=1S/C7H14N2O/c1-3-9(4-2)7(10)5-6-8/h1-6,8H2. The van der Waals surface area contributed by atoms with Crippen LogP contribution in [0.2, 0.25) is 0 Å². The van der Waals surface area contributed by atoms with Gasteiger partial charge in [0.2, 0.25) is 5.91 Å². The second-order valence-corrected chi connectivity index (χ2v) is 1.92. The SMILES string of the molecule is [CH2]CN(C[CH2])C(=O)CCN. The van der Waals surface area contributed by atoms with Crippen molar-refractivity contribution in [2.75, 3.05) is 19.6 Å². The van der Waals surface area contributed by atoms with E-state index in [1.807, 2.05) is 0 Å². The highest BCUT2D eigenvalue weighted by molar-refractivity contribution is 5.76. The molecule has 2 radical (unpaired) electrons. The lowest BCUT2D eigenvalue weighted by atomic mass is 10.3. The lowest BCUT2D eigenvalue weighted by Gasteiger charge is -2.17. The fourth-order valence-electron chi connectivity index (χ4n) is 0.643. The molecule has 0 saturated heterocycles. The number of hydrogen-bond donors (Lipinski definition) is 1. The second kappa shape index (κ2) is 5.23. The molecule has 1 amide bonds. The quantitative estimate of drug-likeness (QED) is 0.592. The molecule has 0 aliphatic heterocycles. The van der Waals surface area contributed by atoms with Crippen LogP contribution in [0.15, 0.2) is 0 Å². The Morgan fingerprint density at radius 1 is 1.40 bits per heavy atom. The molecule has 10 heavy (non-hydrogen) atoms. The van der Waals surface area contributed by atoms with Crippen LogP contribution in [0.1, 0.15) is 6.42 Å². The summed E-state index contributed by atoms with van der Waals surface area (Å²) in [7, 11) is 0. The summed E-state index contributed by atoms with van der Waals surface area (Å²) in [6.07, 6.45) is 0.394. The van der Waals surface area contributed by atoms with Gasteiger partial charge in [-0.1, -0.05) is 0 Å². The minimum Gasteiger partial charge on any atom is -0.343 e. The van der Waals surface area contributed by atoms with Gasteiger partial charge in [-0.3, -0.25) is 4.79 Å². The number of carbonyl (C=O) groups excluding carboxylic acids is 1. The van der Waals surface area contributed by atoms with Crippen molar-refractivity contribution in [3.63, 3.8) is 0 Å². The number of hydrogen-bond acceptors (Lipinski definition) is 2. The van der Waals surface area contributed by atoms with E-state index in [1.165, 1.54) is 0 Å². The Hall–Kier alpha value is -0.570. The van der Waals surface area contributed by atoms with Crippen molar-refractivity contribution in [2.24, 2.45) is 5.73 Å². The smallest absolute Gasteiger partial charge is 0.223 e. The number of amides is 1. The Kier molecular flexibility index (Phi) is 4.94. The molecule has 0 saturated carbocycles. The van der Waals surface area contributed by atoms with E-state index >= 15 is 0 Å². The molecule has 2 N–H and O–H groups in total. The fourth-order valence-corrected chi connectivity index (χ4v) is 0.643. The third-order valence-electron chi connectivity index (χ3n) is 1.25. The minimum atomic E-state index is 0.0347.